The lowest BCUT2D eigenvalue weighted by molar-refractivity contribution is 0.674. The van der Waals surface area contributed by atoms with Crippen LogP contribution in [0.25, 0.3) is 11.1 Å². The standard InChI is InChI=1S/C15H18N2/c1-2-8-16-10-13-9-15(12-17-11-13)14-6-4-3-5-7-14/h3-7,9,11-12,16H,2,8,10H2,1H3. The minimum absolute atomic E-state index is 0.890. The van der Waals surface area contributed by atoms with Gasteiger partial charge in [0.15, 0.2) is 0 Å². The van der Waals surface area contributed by atoms with Crippen molar-refractivity contribution in [2.75, 3.05) is 6.54 Å². The summed E-state index contributed by atoms with van der Waals surface area (Å²) in [5.74, 6) is 0. The highest BCUT2D eigenvalue weighted by Crippen LogP contribution is 2.18. The molecule has 2 heteroatoms. The van der Waals surface area contributed by atoms with E-state index in [0.717, 1.165) is 19.5 Å². The van der Waals surface area contributed by atoms with Crippen molar-refractivity contribution in [2.24, 2.45) is 0 Å². The molecule has 0 bridgehead atoms. The van der Waals surface area contributed by atoms with E-state index in [1.165, 1.54) is 16.7 Å². The third kappa shape index (κ3) is 3.40. The largest absolute Gasteiger partial charge is 0.313 e. The Morgan fingerprint density at radius 1 is 1.06 bits per heavy atom. The Kier molecular flexibility index (Phi) is 4.28. The van der Waals surface area contributed by atoms with Crippen LogP contribution < -0.4 is 5.32 Å². The molecule has 0 amide bonds. The fourth-order valence-electron chi connectivity index (χ4n) is 1.78. The molecule has 1 heterocycles. The molecule has 0 saturated carbocycles. The van der Waals surface area contributed by atoms with Gasteiger partial charge in [-0.1, -0.05) is 37.3 Å². The van der Waals surface area contributed by atoms with Crippen LogP contribution in [-0.4, -0.2) is 11.5 Å². The molecule has 0 atom stereocenters. The number of pyridine rings is 1. The molecule has 1 aromatic heterocycles. The SMILES string of the molecule is CCCNCc1cncc(-c2ccccc2)c1. The number of benzene rings is 1. The van der Waals surface area contributed by atoms with Crippen molar-refractivity contribution >= 4 is 0 Å². The minimum Gasteiger partial charge on any atom is -0.313 e. The zero-order chi connectivity index (χ0) is 11.9. The van der Waals surface area contributed by atoms with E-state index in [-0.39, 0.29) is 0 Å². The summed E-state index contributed by atoms with van der Waals surface area (Å²) in [4.78, 5) is 4.30. The fourth-order valence-corrected chi connectivity index (χ4v) is 1.78. The highest BCUT2D eigenvalue weighted by Gasteiger charge is 1.99. The molecule has 88 valence electrons. The van der Waals surface area contributed by atoms with E-state index in [0.29, 0.717) is 0 Å². The second-order valence-corrected chi connectivity index (χ2v) is 4.12. The van der Waals surface area contributed by atoms with Crippen molar-refractivity contribution in [1.29, 1.82) is 0 Å². The fraction of sp³-hybridized carbons (Fsp3) is 0.267. The van der Waals surface area contributed by atoms with Crippen molar-refractivity contribution in [3.05, 3.63) is 54.4 Å². The second-order valence-electron chi connectivity index (χ2n) is 4.12. The van der Waals surface area contributed by atoms with Gasteiger partial charge < -0.3 is 5.32 Å². The topological polar surface area (TPSA) is 24.9 Å². The molecule has 2 aromatic rings. The van der Waals surface area contributed by atoms with Crippen LogP contribution in [0.15, 0.2) is 48.8 Å². The molecule has 2 rings (SSSR count). The third-order valence-corrected chi connectivity index (χ3v) is 2.66. The Morgan fingerprint density at radius 3 is 2.65 bits per heavy atom. The van der Waals surface area contributed by atoms with Gasteiger partial charge in [0.05, 0.1) is 0 Å². The first-order chi connectivity index (χ1) is 8.40. The Morgan fingerprint density at radius 2 is 1.88 bits per heavy atom. The summed E-state index contributed by atoms with van der Waals surface area (Å²) in [6.07, 6.45) is 5.00. The third-order valence-electron chi connectivity index (χ3n) is 2.66. The normalized spacial score (nSPS) is 10.4. The van der Waals surface area contributed by atoms with Crippen LogP contribution in [0.1, 0.15) is 18.9 Å². The Labute approximate surface area is 103 Å². The lowest BCUT2D eigenvalue weighted by Crippen LogP contribution is -2.13. The Balaban J connectivity index is 2.12. The second kappa shape index (κ2) is 6.16. The van der Waals surface area contributed by atoms with E-state index in [4.69, 9.17) is 0 Å². The number of hydrogen-bond acceptors (Lipinski definition) is 2. The molecule has 0 spiro atoms. The van der Waals surface area contributed by atoms with Gasteiger partial charge in [0.2, 0.25) is 0 Å². The van der Waals surface area contributed by atoms with Crippen LogP contribution in [0.5, 0.6) is 0 Å². The first kappa shape index (κ1) is 11.8. The molecule has 0 radical (unpaired) electrons. The zero-order valence-electron chi connectivity index (χ0n) is 10.2. The minimum atomic E-state index is 0.890. The summed E-state index contributed by atoms with van der Waals surface area (Å²) in [5, 5.41) is 3.39. The lowest BCUT2D eigenvalue weighted by Gasteiger charge is -2.05. The molecule has 2 nitrogen and oxygen atoms in total. The van der Waals surface area contributed by atoms with Crippen LogP contribution in [0, 0.1) is 0 Å². The molecule has 0 aliphatic rings. The maximum Gasteiger partial charge on any atom is 0.0346 e. The first-order valence-corrected chi connectivity index (χ1v) is 6.10. The van der Waals surface area contributed by atoms with Crippen LogP contribution in [-0.2, 0) is 6.54 Å². The number of hydrogen-bond donors (Lipinski definition) is 1. The van der Waals surface area contributed by atoms with E-state index >= 15 is 0 Å². The summed E-state index contributed by atoms with van der Waals surface area (Å²) >= 11 is 0. The van der Waals surface area contributed by atoms with Gasteiger partial charge in [-0.2, -0.15) is 0 Å². The summed E-state index contributed by atoms with van der Waals surface area (Å²) < 4.78 is 0. The van der Waals surface area contributed by atoms with Crippen molar-refractivity contribution < 1.29 is 0 Å². The molecular formula is C15H18N2. The van der Waals surface area contributed by atoms with Crippen molar-refractivity contribution in [3.63, 3.8) is 0 Å². The Bertz CT molecular complexity index is 451. The predicted molar refractivity (Wildman–Crippen MR) is 71.7 cm³/mol. The maximum atomic E-state index is 4.30. The molecule has 1 aromatic carbocycles. The summed E-state index contributed by atoms with van der Waals surface area (Å²) in [5.41, 5.74) is 3.64. The van der Waals surface area contributed by atoms with E-state index in [2.05, 4.69) is 47.6 Å². The van der Waals surface area contributed by atoms with Crippen LogP contribution in [0.4, 0.5) is 0 Å². The summed E-state index contributed by atoms with van der Waals surface area (Å²) in [6, 6.07) is 12.6. The number of rotatable bonds is 5. The van der Waals surface area contributed by atoms with E-state index in [9.17, 15) is 0 Å². The van der Waals surface area contributed by atoms with Crippen LogP contribution in [0.2, 0.25) is 0 Å². The number of nitrogens with zero attached hydrogens (tertiary/aromatic N) is 1. The summed E-state index contributed by atoms with van der Waals surface area (Å²) in [6.45, 7) is 4.11. The van der Waals surface area contributed by atoms with Crippen molar-refractivity contribution in [3.8, 4) is 11.1 Å². The monoisotopic (exact) mass is 226 g/mol. The van der Waals surface area contributed by atoms with Gasteiger partial charge >= 0.3 is 0 Å². The highest BCUT2D eigenvalue weighted by molar-refractivity contribution is 5.62. The van der Waals surface area contributed by atoms with Gasteiger partial charge in [-0.3, -0.25) is 4.98 Å². The molecular weight excluding hydrogens is 208 g/mol. The maximum absolute atomic E-state index is 4.30. The van der Waals surface area contributed by atoms with E-state index in [1.807, 2.05) is 18.5 Å². The molecule has 1 N–H and O–H groups in total. The quantitative estimate of drug-likeness (QED) is 0.792. The predicted octanol–water partition coefficient (Wildman–Crippen LogP) is 3.25. The van der Waals surface area contributed by atoms with E-state index < -0.39 is 0 Å². The zero-order valence-corrected chi connectivity index (χ0v) is 10.2. The Hall–Kier alpha value is -1.67. The highest BCUT2D eigenvalue weighted by atomic mass is 14.8. The van der Waals surface area contributed by atoms with Crippen molar-refractivity contribution in [1.82, 2.24) is 10.3 Å². The van der Waals surface area contributed by atoms with Gasteiger partial charge in [-0.25, -0.2) is 0 Å². The molecule has 0 aliphatic heterocycles. The molecule has 0 aliphatic carbocycles. The molecule has 0 fully saturated rings. The lowest BCUT2D eigenvalue weighted by atomic mass is 10.1. The molecule has 0 saturated heterocycles. The average Bonchev–Trinajstić information content (AvgIpc) is 2.41. The smallest absolute Gasteiger partial charge is 0.0346 e. The first-order valence-electron chi connectivity index (χ1n) is 6.10. The molecule has 0 unspecified atom stereocenters. The van der Waals surface area contributed by atoms with Gasteiger partial charge in [0, 0.05) is 24.5 Å². The van der Waals surface area contributed by atoms with E-state index in [1.54, 1.807) is 0 Å². The van der Waals surface area contributed by atoms with Crippen LogP contribution >= 0.6 is 0 Å². The molecule has 17 heavy (non-hydrogen) atoms. The van der Waals surface area contributed by atoms with Crippen LogP contribution in [0.3, 0.4) is 0 Å². The van der Waals surface area contributed by atoms with Crippen molar-refractivity contribution in [2.45, 2.75) is 19.9 Å². The van der Waals surface area contributed by atoms with Gasteiger partial charge in [0.25, 0.3) is 0 Å². The average molecular weight is 226 g/mol. The number of aromatic nitrogens is 1. The van der Waals surface area contributed by atoms with Gasteiger partial charge in [0.1, 0.15) is 0 Å². The number of nitrogens with one attached hydrogen (secondary N) is 1. The van der Waals surface area contributed by atoms with Gasteiger partial charge in [-0.15, -0.1) is 0 Å². The summed E-state index contributed by atoms with van der Waals surface area (Å²) in [7, 11) is 0. The van der Waals surface area contributed by atoms with Gasteiger partial charge in [-0.05, 0) is 30.2 Å².